The molecule has 0 bridgehead atoms. The Morgan fingerprint density at radius 3 is 2.56 bits per heavy atom. The molecule has 0 radical (unpaired) electrons. The van der Waals surface area contributed by atoms with Crippen molar-refractivity contribution in [2.24, 2.45) is 0 Å². The Labute approximate surface area is 244 Å². The van der Waals surface area contributed by atoms with Gasteiger partial charge in [0.2, 0.25) is 5.91 Å². The highest BCUT2D eigenvalue weighted by molar-refractivity contribution is 6.74. The van der Waals surface area contributed by atoms with Gasteiger partial charge in [-0.1, -0.05) is 32.4 Å². The van der Waals surface area contributed by atoms with Gasteiger partial charge in [-0.15, -0.1) is 0 Å². The highest BCUT2D eigenvalue weighted by Gasteiger charge is 2.46. The minimum Gasteiger partial charge on any atom is -0.414 e. The summed E-state index contributed by atoms with van der Waals surface area (Å²) in [6.45, 7) is 12.4. The molecule has 5 rings (SSSR count). The summed E-state index contributed by atoms with van der Waals surface area (Å²) in [4.78, 5) is 43.5. The topological polar surface area (TPSA) is 121 Å². The average molecular weight is 593 g/mol. The lowest BCUT2D eigenvalue weighted by atomic mass is 9.98. The van der Waals surface area contributed by atoms with Crippen LogP contribution in [0.5, 0.6) is 0 Å². The van der Waals surface area contributed by atoms with E-state index in [0.717, 1.165) is 0 Å². The van der Waals surface area contributed by atoms with Gasteiger partial charge in [0, 0.05) is 41.4 Å². The van der Waals surface area contributed by atoms with Crippen molar-refractivity contribution in [3.05, 3.63) is 77.4 Å². The first-order chi connectivity index (χ1) is 19.4. The van der Waals surface area contributed by atoms with Crippen molar-refractivity contribution in [3.63, 3.8) is 0 Å². The van der Waals surface area contributed by atoms with E-state index in [1.54, 1.807) is 24.4 Å². The second-order valence-electron chi connectivity index (χ2n) is 11.9. The van der Waals surface area contributed by atoms with Crippen LogP contribution in [-0.4, -0.2) is 64.3 Å². The predicted octanol–water partition coefficient (Wildman–Crippen LogP) is 5.03. The summed E-state index contributed by atoms with van der Waals surface area (Å²) in [7, 11) is -2.03. The third-order valence-corrected chi connectivity index (χ3v) is 12.6. The number of halogens is 1. The van der Waals surface area contributed by atoms with Crippen LogP contribution in [0.4, 0.5) is 5.69 Å². The lowest BCUT2D eigenvalue weighted by molar-refractivity contribution is -0.119. The van der Waals surface area contributed by atoms with Crippen LogP contribution in [0.1, 0.15) is 42.4 Å². The molecular formula is C29H33ClN6O4Si. The van der Waals surface area contributed by atoms with E-state index in [9.17, 15) is 9.59 Å². The molecule has 4 aromatic heterocycles. The molecule has 1 aliphatic rings. The normalized spacial score (nSPS) is 15.0. The standard InChI is InChI=1S/C29H33ClN6O4Si/c1-28(2,3)41(4,5)40-17-29(15-39-16-29)36-14-24(23-13-32-18-34-27(23)36)26(38)19-8-22(12-31-10-19)35-25(37)9-21-7-6-20(30)11-33-21/h6-8,10-14,18H,9,15-17H2,1-5H3,(H,35,37). The molecule has 12 heteroatoms. The van der Waals surface area contributed by atoms with Crippen LogP contribution >= 0.6 is 11.6 Å². The molecule has 1 N–H and O–H groups in total. The zero-order valence-corrected chi connectivity index (χ0v) is 25.5. The number of carbonyl (C=O) groups excluding carboxylic acids is 2. The van der Waals surface area contributed by atoms with Gasteiger partial charge in [-0.05, 0) is 36.3 Å². The van der Waals surface area contributed by atoms with E-state index in [1.807, 2.05) is 10.8 Å². The van der Waals surface area contributed by atoms with Crippen LogP contribution in [0.15, 0.2) is 55.5 Å². The molecular weight excluding hydrogens is 560 g/mol. The number of fused-ring (bicyclic) bond motifs is 1. The number of carbonyl (C=O) groups is 2. The third kappa shape index (κ3) is 5.94. The van der Waals surface area contributed by atoms with Crippen molar-refractivity contribution in [2.75, 3.05) is 25.1 Å². The summed E-state index contributed by atoms with van der Waals surface area (Å²) in [6, 6.07) is 4.98. The molecule has 5 heterocycles. The minimum absolute atomic E-state index is 0.0552. The van der Waals surface area contributed by atoms with Crippen molar-refractivity contribution < 1.29 is 18.8 Å². The van der Waals surface area contributed by atoms with Crippen LogP contribution in [-0.2, 0) is 25.9 Å². The quantitative estimate of drug-likeness (QED) is 0.212. The fraction of sp³-hybridized carbons (Fsp3) is 0.379. The highest BCUT2D eigenvalue weighted by Crippen LogP contribution is 2.39. The first-order valence-electron chi connectivity index (χ1n) is 13.3. The van der Waals surface area contributed by atoms with Crippen molar-refractivity contribution >= 4 is 48.3 Å². The minimum atomic E-state index is -2.03. The van der Waals surface area contributed by atoms with E-state index >= 15 is 0 Å². The van der Waals surface area contributed by atoms with Crippen LogP contribution in [0, 0.1) is 0 Å². The lowest BCUT2D eigenvalue weighted by Crippen LogP contribution is -2.57. The number of aromatic nitrogens is 5. The summed E-state index contributed by atoms with van der Waals surface area (Å²) >= 11 is 5.88. The first-order valence-corrected chi connectivity index (χ1v) is 16.6. The van der Waals surface area contributed by atoms with E-state index in [-0.39, 0.29) is 23.1 Å². The third-order valence-electron chi connectivity index (χ3n) is 7.89. The van der Waals surface area contributed by atoms with E-state index in [2.05, 4.69) is 59.1 Å². The molecule has 4 aromatic rings. The van der Waals surface area contributed by atoms with Gasteiger partial charge in [0.1, 0.15) is 17.5 Å². The van der Waals surface area contributed by atoms with Gasteiger partial charge in [0.15, 0.2) is 14.1 Å². The summed E-state index contributed by atoms with van der Waals surface area (Å²) in [5, 5.41) is 3.97. The van der Waals surface area contributed by atoms with Crippen molar-refractivity contribution in [2.45, 2.75) is 50.9 Å². The molecule has 1 saturated heterocycles. The smallest absolute Gasteiger partial charge is 0.230 e. The number of ether oxygens (including phenoxy) is 1. The molecule has 1 aliphatic heterocycles. The number of anilines is 1. The van der Waals surface area contributed by atoms with E-state index in [4.69, 9.17) is 20.8 Å². The van der Waals surface area contributed by atoms with Crippen LogP contribution in [0.2, 0.25) is 23.2 Å². The second kappa shape index (κ2) is 11.0. The Morgan fingerprint density at radius 2 is 1.90 bits per heavy atom. The molecule has 1 fully saturated rings. The Hall–Kier alpha value is -3.51. The predicted molar refractivity (Wildman–Crippen MR) is 159 cm³/mol. The van der Waals surface area contributed by atoms with Crippen molar-refractivity contribution in [1.29, 1.82) is 0 Å². The molecule has 0 spiro atoms. The maximum atomic E-state index is 13.8. The SMILES string of the molecule is CC(C)(C)[Si](C)(C)OCC1(n2cc(C(=O)c3cncc(NC(=O)Cc4ccc(Cl)cn4)c3)c3cncnc32)COC1. The zero-order chi connectivity index (χ0) is 29.4. The molecule has 41 heavy (non-hydrogen) atoms. The van der Waals surface area contributed by atoms with Gasteiger partial charge in [0.05, 0.1) is 48.7 Å². The number of nitrogens with one attached hydrogen (secondary N) is 1. The van der Waals surface area contributed by atoms with E-state index < -0.39 is 13.9 Å². The fourth-order valence-corrected chi connectivity index (χ4v) is 5.51. The summed E-state index contributed by atoms with van der Waals surface area (Å²) in [5.74, 6) is -0.544. The van der Waals surface area contributed by atoms with Crippen molar-refractivity contribution in [3.8, 4) is 0 Å². The Morgan fingerprint density at radius 1 is 1.12 bits per heavy atom. The summed E-state index contributed by atoms with van der Waals surface area (Å²) in [5.41, 5.74) is 1.90. The van der Waals surface area contributed by atoms with E-state index in [1.165, 1.54) is 24.9 Å². The summed E-state index contributed by atoms with van der Waals surface area (Å²) in [6.07, 6.45) is 9.46. The summed E-state index contributed by atoms with van der Waals surface area (Å²) < 4.78 is 14.3. The van der Waals surface area contributed by atoms with Gasteiger partial charge in [-0.2, -0.15) is 0 Å². The Balaban J connectivity index is 1.40. The Bertz CT molecular complexity index is 1600. The van der Waals surface area contributed by atoms with Crippen LogP contribution in [0.25, 0.3) is 11.0 Å². The Kier molecular flexibility index (Phi) is 7.81. The van der Waals surface area contributed by atoms with Gasteiger partial charge >= 0.3 is 0 Å². The molecule has 10 nitrogen and oxygen atoms in total. The maximum absolute atomic E-state index is 13.8. The van der Waals surface area contributed by atoms with Gasteiger partial charge in [-0.25, -0.2) is 9.97 Å². The van der Waals surface area contributed by atoms with Crippen molar-refractivity contribution in [1.82, 2.24) is 24.5 Å². The monoisotopic (exact) mass is 592 g/mol. The molecule has 0 atom stereocenters. The first kappa shape index (κ1) is 29.0. The molecule has 214 valence electrons. The molecule has 0 unspecified atom stereocenters. The molecule has 0 aliphatic carbocycles. The van der Waals surface area contributed by atoms with E-state index in [0.29, 0.717) is 58.4 Å². The number of hydrogen-bond donors (Lipinski definition) is 1. The number of rotatable bonds is 9. The second-order valence-corrected chi connectivity index (χ2v) is 17.2. The number of pyridine rings is 2. The average Bonchev–Trinajstić information content (AvgIpc) is 3.28. The number of hydrogen-bond acceptors (Lipinski definition) is 8. The molecule has 0 aromatic carbocycles. The van der Waals surface area contributed by atoms with Crippen LogP contribution in [0.3, 0.4) is 0 Å². The largest absolute Gasteiger partial charge is 0.414 e. The van der Waals surface area contributed by atoms with Gasteiger partial charge in [0.25, 0.3) is 0 Å². The number of amides is 1. The van der Waals surface area contributed by atoms with Gasteiger partial charge < -0.3 is 19.0 Å². The lowest BCUT2D eigenvalue weighted by Gasteiger charge is -2.46. The molecule has 1 amide bonds. The zero-order valence-electron chi connectivity index (χ0n) is 23.8. The molecule has 0 saturated carbocycles. The van der Waals surface area contributed by atoms with Gasteiger partial charge in [-0.3, -0.25) is 19.6 Å². The maximum Gasteiger partial charge on any atom is 0.230 e. The fourth-order valence-electron chi connectivity index (χ4n) is 4.34. The number of ketones is 1. The highest BCUT2D eigenvalue weighted by atomic mass is 35.5. The van der Waals surface area contributed by atoms with Crippen LogP contribution < -0.4 is 5.32 Å². The number of nitrogens with zero attached hydrogens (tertiary/aromatic N) is 5.